The van der Waals surface area contributed by atoms with Gasteiger partial charge in [-0.1, -0.05) is 166 Å². The maximum atomic E-state index is 12.0. The molecule has 0 aromatic heterocycles. The Morgan fingerprint density at radius 2 is 0.980 bits per heavy atom. The van der Waals surface area contributed by atoms with E-state index in [2.05, 4.69) is 50.3 Å². The molecule has 1 fully saturated rings. The second-order valence-corrected chi connectivity index (χ2v) is 14.1. The quantitative estimate of drug-likeness (QED) is 0.0305. The lowest BCUT2D eigenvalue weighted by molar-refractivity contribution is -0.152. The van der Waals surface area contributed by atoms with E-state index in [1.54, 1.807) is 0 Å². The molecule has 49 heavy (non-hydrogen) atoms. The van der Waals surface area contributed by atoms with Gasteiger partial charge in [0.1, 0.15) is 19.3 Å². The molecule has 1 heterocycles. The Morgan fingerprint density at radius 1 is 0.551 bits per heavy atom. The molecule has 1 aliphatic heterocycles. The summed E-state index contributed by atoms with van der Waals surface area (Å²) < 4.78 is 16.1. The van der Waals surface area contributed by atoms with Crippen LogP contribution in [0.15, 0.2) is 36.5 Å². The maximum absolute atomic E-state index is 12.0. The number of hydrogen-bond donors (Lipinski definition) is 1. The van der Waals surface area contributed by atoms with Crippen molar-refractivity contribution in [2.75, 3.05) is 13.2 Å². The minimum atomic E-state index is -0.992. The van der Waals surface area contributed by atoms with Gasteiger partial charge >= 0.3 is 11.9 Å². The first-order valence-electron chi connectivity index (χ1n) is 20.7. The average molecular weight is 689 g/mol. The summed E-state index contributed by atoms with van der Waals surface area (Å²) in [5, 5.41) is 10.0. The molecule has 2 unspecified atom stereocenters. The van der Waals surface area contributed by atoms with Crippen molar-refractivity contribution in [3.05, 3.63) is 36.5 Å². The van der Waals surface area contributed by atoms with Crippen molar-refractivity contribution in [2.24, 2.45) is 0 Å². The van der Waals surface area contributed by atoms with Gasteiger partial charge in [-0.25, -0.2) is 0 Å². The molecule has 1 N–H and O–H groups in total. The zero-order valence-electron chi connectivity index (χ0n) is 31.9. The van der Waals surface area contributed by atoms with Crippen molar-refractivity contribution in [3.63, 3.8) is 0 Å². The lowest BCUT2D eigenvalue weighted by Gasteiger charge is -2.12. The van der Waals surface area contributed by atoms with Gasteiger partial charge < -0.3 is 19.3 Å². The van der Waals surface area contributed by atoms with Crippen molar-refractivity contribution in [3.8, 4) is 0 Å². The van der Waals surface area contributed by atoms with Crippen LogP contribution in [0.25, 0.3) is 0 Å². The molecule has 1 aliphatic rings. The first-order valence-corrected chi connectivity index (χ1v) is 20.7. The number of hydrogen-bond acceptors (Lipinski definition) is 6. The van der Waals surface area contributed by atoms with Gasteiger partial charge in [-0.3, -0.25) is 9.59 Å². The number of esters is 2. The Labute approximate surface area is 301 Å². The summed E-state index contributed by atoms with van der Waals surface area (Å²) in [4.78, 5) is 24.0. The van der Waals surface area contributed by atoms with Gasteiger partial charge in [0.2, 0.25) is 0 Å². The topological polar surface area (TPSA) is 85.4 Å². The molecular weight excluding hydrogens is 612 g/mol. The first kappa shape index (κ1) is 45.1. The predicted molar refractivity (Wildman–Crippen MR) is 205 cm³/mol. The van der Waals surface area contributed by atoms with Gasteiger partial charge in [-0.05, 0) is 51.4 Å². The van der Waals surface area contributed by atoms with Gasteiger partial charge in [0.25, 0.3) is 0 Å². The van der Waals surface area contributed by atoms with E-state index in [0.717, 1.165) is 44.9 Å². The monoisotopic (exact) mass is 689 g/mol. The summed E-state index contributed by atoms with van der Waals surface area (Å²) in [5.41, 5.74) is 0. The van der Waals surface area contributed by atoms with Gasteiger partial charge in [0.05, 0.1) is 12.2 Å². The van der Waals surface area contributed by atoms with E-state index in [1.807, 2.05) is 0 Å². The fourth-order valence-corrected chi connectivity index (χ4v) is 6.06. The molecular formula is C43H76O6. The van der Waals surface area contributed by atoms with E-state index >= 15 is 0 Å². The Balaban J connectivity index is 1.85. The summed E-state index contributed by atoms with van der Waals surface area (Å²) in [5.74, 6) is -0.633. The van der Waals surface area contributed by atoms with Crippen LogP contribution < -0.4 is 0 Å². The molecule has 284 valence electrons. The van der Waals surface area contributed by atoms with E-state index in [0.29, 0.717) is 19.3 Å². The fourth-order valence-electron chi connectivity index (χ4n) is 6.06. The minimum absolute atomic E-state index is 0.137. The molecule has 0 bridgehead atoms. The molecule has 1 saturated heterocycles. The van der Waals surface area contributed by atoms with Gasteiger partial charge in [-0.15, -0.1) is 0 Å². The summed E-state index contributed by atoms with van der Waals surface area (Å²) in [7, 11) is 0. The first-order chi connectivity index (χ1) is 24.1. The van der Waals surface area contributed by atoms with Crippen molar-refractivity contribution < 1.29 is 28.9 Å². The lowest BCUT2D eigenvalue weighted by Crippen LogP contribution is -2.25. The molecule has 3 atom stereocenters. The second kappa shape index (κ2) is 34.5. The van der Waals surface area contributed by atoms with Crippen molar-refractivity contribution in [1.29, 1.82) is 0 Å². The van der Waals surface area contributed by atoms with Gasteiger partial charge in [0.15, 0.2) is 0 Å². The molecule has 0 aromatic carbocycles. The number of epoxide rings is 1. The number of ether oxygens (including phenoxy) is 3. The SMILES string of the molecule is CCCCC/C=C\C/C=C\C/C=C\CC1OC1CCCC(=O)OC[C@H](O)COC(=O)CCCCCCCCCCCCCCCCCCC. The maximum Gasteiger partial charge on any atom is 0.305 e. The average Bonchev–Trinajstić information content (AvgIpc) is 3.85. The van der Waals surface area contributed by atoms with Crippen LogP contribution in [0.4, 0.5) is 0 Å². The fraction of sp³-hybridized carbons (Fsp3) is 0.814. The summed E-state index contributed by atoms with van der Waals surface area (Å²) in [6.45, 7) is 4.22. The molecule has 6 heteroatoms. The molecule has 1 rings (SSSR count). The second-order valence-electron chi connectivity index (χ2n) is 14.1. The number of rotatable bonds is 36. The highest BCUT2D eigenvalue weighted by molar-refractivity contribution is 5.69. The molecule has 0 saturated carbocycles. The van der Waals surface area contributed by atoms with Crippen molar-refractivity contribution >= 4 is 11.9 Å². The van der Waals surface area contributed by atoms with E-state index in [9.17, 15) is 14.7 Å². The molecule has 0 aromatic rings. The molecule has 0 spiro atoms. The summed E-state index contributed by atoms with van der Waals surface area (Å²) in [6, 6.07) is 0. The summed E-state index contributed by atoms with van der Waals surface area (Å²) >= 11 is 0. The predicted octanol–water partition coefficient (Wildman–Crippen LogP) is 11.8. The smallest absolute Gasteiger partial charge is 0.305 e. The minimum Gasteiger partial charge on any atom is -0.463 e. The van der Waals surface area contributed by atoms with E-state index in [1.165, 1.54) is 116 Å². The molecule has 0 amide bonds. The largest absolute Gasteiger partial charge is 0.463 e. The third-order valence-electron chi connectivity index (χ3n) is 9.30. The standard InChI is InChI=1S/C43H76O6/c1-3-5-7-9-11-13-15-17-18-19-20-21-23-25-27-29-31-35-42(45)47-37-39(44)38-48-43(46)36-32-34-41-40(49-41)33-30-28-26-24-22-16-14-12-10-8-6-4-2/h12,14,22,24,28,30,39-41,44H,3-11,13,15-21,23,25-27,29,31-38H2,1-2H3/b14-12-,24-22-,30-28-/t39-,40?,41?/m1/s1. The third kappa shape index (κ3) is 31.8. The normalized spacial score (nSPS) is 16.6. The van der Waals surface area contributed by atoms with Crippen LogP contribution >= 0.6 is 0 Å². The number of carbonyl (C=O) groups excluding carboxylic acids is 2. The van der Waals surface area contributed by atoms with Crippen molar-refractivity contribution in [1.82, 2.24) is 0 Å². The number of allylic oxidation sites excluding steroid dienone is 5. The highest BCUT2D eigenvalue weighted by Crippen LogP contribution is 2.30. The zero-order chi connectivity index (χ0) is 35.5. The van der Waals surface area contributed by atoms with Crippen LogP contribution in [0, 0.1) is 0 Å². The Morgan fingerprint density at radius 3 is 1.51 bits per heavy atom. The van der Waals surface area contributed by atoms with Gasteiger partial charge in [-0.2, -0.15) is 0 Å². The van der Waals surface area contributed by atoms with Crippen molar-refractivity contribution in [2.45, 2.75) is 212 Å². The Hall–Kier alpha value is -1.92. The number of aliphatic hydroxyl groups is 1. The number of aliphatic hydroxyl groups excluding tert-OH is 1. The van der Waals surface area contributed by atoms with Crippen LogP contribution in [0.3, 0.4) is 0 Å². The highest BCUT2D eigenvalue weighted by atomic mass is 16.6. The third-order valence-corrected chi connectivity index (χ3v) is 9.30. The van der Waals surface area contributed by atoms with Crippen LogP contribution in [0.2, 0.25) is 0 Å². The van der Waals surface area contributed by atoms with Crippen LogP contribution in [0.5, 0.6) is 0 Å². The Kier molecular flexibility index (Phi) is 31.8. The van der Waals surface area contributed by atoms with Crippen LogP contribution in [-0.2, 0) is 23.8 Å². The van der Waals surface area contributed by atoms with Crippen LogP contribution in [-0.4, -0.2) is 48.6 Å². The lowest BCUT2D eigenvalue weighted by atomic mass is 10.0. The van der Waals surface area contributed by atoms with Gasteiger partial charge in [0, 0.05) is 12.8 Å². The molecule has 0 radical (unpaired) electrons. The highest BCUT2D eigenvalue weighted by Gasteiger charge is 2.36. The van der Waals surface area contributed by atoms with E-state index in [-0.39, 0.29) is 37.4 Å². The van der Waals surface area contributed by atoms with E-state index < -0.39 is 6.10 Å². The molecule has 6 nitrogen and oxygen atoms in total. The number of carbonyl (C=O) groups is 2. The molecule has 0 aliphatic carbocycles. The van der Waals surface area contributed by atoms with Crippen LogP contribution in [0.1, 0.15) is 194 Å². The zero-order valence-corrected chi connectivity index (χ0v) is 31.9. The number of unbranched alkanes of at least 4 members (excludes halogenated alkanes) is 19. The Bertz CT molecular complexity index is 849. The van der Waals surface area contributed by atoms with E-state index in [4.69, 9.17) is 14.2 Å². The summed E-state index contributed by atoms with van der Waals surface area (Å²) in [6.07, 6.45) is 45.1.